The van der Waals surface area contributed by atoms with Crippen molar-refractivity contribution in [1.29, 1.82) is 0 Å². The third-order valence-electron chi connectivity index (χ3n) is 3.17. The van der Waals surface area contributed by atoms with Crippen LogP contribution in [0.4, 0.5) is 4.39 Å². The van der Waals surface area contributed by atoms with Crippen molar-refractivity contribution < 1.29 is 18.7 Å². The molecule has 0 radical (unpaired) electrons. The number of hydrogen-bond donors (Lipinski definition) is 1. The van der Waals surface area contributed by atoms with Crippen LogP contribution < -0.4 is 14.9 Å². The van der Waals surface area contributed by atoms with Gasteiger partial charge in [0, 0.05) is 5.56 Å². The predicted octanol–water partition coefficient (Wildman–Crippen LogP) is 4.54. The Balaban J connectivity index is 2.14. The lowest BCUT2D eigenvalue weighted by molar-refractivity contribution is 0.0955. The van der Waals surface area contributed by atoms with E-state index in [-0.39, 0.29) is 6.10 Å². The van der Waals surface area contributed by atoms with Crippen molar-refractivity contribution in [3.8, 4) is 11.5 Å². The Morgan fingerprint density at radius 2 is 2.00 bits per heavy atom. The molecule has 0 saturated heterocycles. The highest BCUT2D eigenvalue weighted by atomic mass is 79.9. The molecule has 7 heteroatoms. The van der Waals surface area contributed by atoms with Crippen molar-refractivity contribution in [1.82, 2.24) is 5.43 Å². The van der Waals surface area contributed by atoms with Crippen molar-refractivity contribution >= 4 is 28.1 Å². The summed E-state index contributed by atoms with van der Waals surface area (Å²) in [4.78, 5) is 12.0. The lowest BCUT2D eigenvalue weighted by Gasteiger charge is -2.16. The van der Waals surface area contributed by atoms with Crippen LogP contribution in [-0.4, -0.2) is 24.8 Å². The number of rotatable bonds is 7. The van der Waals surface area contributed by atoms with Gasteiger partial charge in [0.05, 0.1) is 23.4 Å². The van der Waals surface area contributed by atoms with Crippen molar-refractivity contribution in [2.75, 3.05) is 6.61 Å². The smallest absolute Gasteiger partial charge is 0.271 e. The van der Waals surface area contributed by atoms with Gasteiger partial charge >= 0.3 is 0 Å². The van der Waals surface area contributed by atoms with Crippen molar-refractivity contribution in [3.63, 3.8) is 0 Å². The molecule has 2 aromatic rings. The molecule has 5 nitrogen and oxygen atoms in total. The first kappa shape index (κ1) is 19.9. The van der Waals surface area contributed by atoms with Crippen LogP contribution in [0.2, 0.25) is 0 Å². The van der Waals surface area contributed by atoms with Crippen LogP contribution in [-0.2, 0) is 0 Å². The van der Waals surface area contributed by atoms with Gasteiger partial charge in [0.15, 0.2) is 11.5 Å². The number of nitrogens with zero attached hydrogens (tertiary/aromatic N) is 1. The molecule has 0 saturated carbocycles. The third-order valence-corrected chi connectivity index (χ3v) is 3.76. The molecule has 0 aromatic heterocycles. The van der Waals surface area contributed by atoms with Crippen LogP contribution >= 0.6 is 15.9 Å². The fourth-order valence-corrected chi connectivity index (χ4v) is 2.66. The third kappa shape index (κ3) is 5.56. The number of halogens is 2. The molecule has 0 atom stereocenters. The molecule has 0 fully saturated rings. The van der Waals surface area contributed by atoms with Gasteiger partial charge < -0.3 is 9.47 Å². The number of ether oxygens (including phenoxy) is 2. The average Bonchev–Trinajstić information content (AvgIpc) is 2.58. The highest BCUT2D eigenvalue weighted by Crippen LogP contribution is 2.37. The summed E-state index contributed by atoms with van der Waals surface area (Å²) in [5, 5.41) is 3.94. The maximum Gasteiger partial charge on any atom is 0.271 e. The zero-order chi connectivity index (χ0) is 19.1. The highest BCUT2D eigenvalue weighted by Gasteiger charge is 2.13. The van der Waals surface area contributed by atoms with E-state index >= 15 is 0 Å². The number of hydrogen-bond acceptors (Lipinski definition) is 4. The van der Waals surface area contributed by atoms with Crippen LogP contribution in [0.5, 0.6) is 11.5 Å². The van der Waals surface area contributed by atoms with E-state index in [9.17, 15) is 9.18 Å². The van der Waals surface area contributed by atoms with Gasteiger partial charge in [-0.3, -0.25) is 4.79 Å². The van der Waals surface area contributed by atoms with Crippen LogP contribution in [0.15, 0.2) is 46.0 Å². The molecule has 0 aliphatic rings. The number of benzene rings is 2. The summed E-state index contributed by atoms with van der Waals surface area (Å²) in [7, 11) is 0. The van der Waals surface area contributed by atoms with E-state index in [4.69, 9.17) is 9.47 Å². The monoisotopic (exact) mass is 422 g/mol. The molecule has 2 aromatic carbocycles. The topological polar surface area (TPSA) is 59.9 Å². The normalized spacial score (nSPS) is 11.0. The molecule has 0 spiro atoms. The molecule has 1 N–H and O–H groups in total. The van der Waals surface area contributed by atoms with Gasteiger partial charge in [-0.05, 0) is 78.7 Å². The van der Waals surface area contributed by atoms with Gasteiger partial charge in [-0.2, -0.15) is 5.10 Å². The summed E-state index contributed by atoms with van der Waals surface area (Å²) >= 11 is 3.47. The SMILES string of the molecule is CCOc1cc(/C=N\NC(=O)c2ccc(F)cc2)cc(Br)c1OC(C)C. The second-order valence-electron chi connectivity index (χ2n) is 5.64. The summed E-state index contributed by atoms with van der Waals surface area (Å²) in [5.74, 6) is 0.378. The quantitative estimate of drug-likeness (QED) is 0.526. The van der Waals surface area contributed by atoms with Crippen molar-refractivity contribution in [2.24, 2.45) is 5.10 Å². The minimum atomic E-state index is -0.426. The van der Waals surface area contributed by atoms with E-state index in [0.717, 1.165) is 10.0 Å². The summed E-state index contributed by atoms with van der Waals surface area (Å²) in [6, 6.07) is 8.81. The van der Waals surface area contributed by atoms with Crippen LogP contribution in [0, 0.1) is 5.82 Å². The first-order valence-electron chi connectivity index (χ1n) is 8.12. The molecule has 26 heavy (non-hydrogen) atoms. The van der Waals surface area contributed by atoms with Gasteiger partial charge in [0.25, 0.3) is 5.91 Å². The Bertz CT molecular complexity index is 792. The summed E-state index contributed by atoms with van der Waals surface area (Å²) < 4.78 is 25.0. The summed E-state index contributed by atoms with van der Waals surface area (Å²) in [6.45, 7) is 6.24. The van der Waals surface area contributed by atoms with E-state index in [1.807, 2.05) is 26.8 Å². The van der Waals surface area contributed by atoms with Gasteiger partial charge in [0.1, 0.15) is 5.82 Å². The first-order chi connectivity index (χ1) is 12.4. The fraction of sp³-hybridized carbons (Fsp3) is 0.263. The first-order valence-corrected chi connectivity index (χ1v) is 8.92. The molecule has 138 valence electrons. The molecule has 0 aliphatic heterocycles. The Morgan fingerprint density at radius 3 is 2.62 bits per heavy atom. The van der Waals surface area contributed by atoms with Gasteiger partial charge in [-0.1, -0.05) is 0 Å². The maximum atomic E-state index is 12.9. The minimum Gasteiger partial charge on any atom is -0.490 e. The van der Waals surface area contributed by atoms with E-state index < -0.39 is 11.7 Å². The fourth-order valence-electron chi connectivity index (χ4n) is 2.11. The second-order valence-corrected chi connectivity index (χ2v) is 6.49. The van der Waals surface area contributed by atoms with Crippen LogP contribution in [0.3, 0.4) is 0 Å². The van der Waals surface area contributed by atoms with E-state index in [0.29, 0.717) is 23.7 Å². The molecular weight excluding hydrogens is 403 g/mol. The maximum absolute atomic E-state index is 12.9. The number of amides is 1. The van der Waals surface area contributed by atoms with Crippen LogP contribution in [0.25, 0.3) is 0 Å². The summed E-state index contributed by atoms with van der Waals surface area (Å²) in [6.07, 6.45) is 1.49. The number of carbonyl (C=O) groups excluding carboxylic acids is 1. The number of carbonyl (C=O) groups is 1. The van der Waals surface area contributed by atoms with Crippen LogP contribution in [0.1, 0.15) is 36.7 Å². The zero-order valence-corrected chi connectivity index (χ0v) is 16.3. The molecule has 1 amide bonds. The molecule has 2 rings (SSSR count). The Kier molecular flexibility index (Phi) is 7.15. The average molecular weight is 423 g/mol. The Hall–Kier alpha value is -2.41. The Morgan fingerprint density at radius 1 is 1.31 bits per heavy atom. The largest absolute Gasteiger partial charge is 0.490 e. The zero-order valence-electron chi connectivity index (χ0n) is 14.8. The van der Waals surface area contributed by atoms with Gasteiger partial charge in [-0.15, -0.1) is 0 Å². The van der Waals surface area contributed by atoms with Gasteiger partial charge in [0.2, 0.25) is 0 Å². The minimum absolute atomic E-state index is 0.0000190. The van der Waals surface area contributed by atoms with Crippen molar-refractivity contribution in [3.05, 3.63) is 57.8 Å². The standard InChI is InChI=1S/C19H20BrFN2O3/c1-4-25-17-10-13(9-16(20)18(17)26-12(2)3)11-22-23-19(24)14-5-7-15(21)8-6-14/h5-12H,4H2,1-3H3,(H,23,24)/b22-11-. The second kappa shape index (κ2) is 9.33. The van der Waals surface area contributed by atoms with E-state index in [1.165, 1.54) is 30.5 Å². The molecule has 0 heterocycles. The molecular formula is C19H20BrFN2O3. The molecule has 0 unspecified atom stereocenters. The number of nitrogens with one attached hydrogen (secondary N) is 1. The van der Waals surface area contributed by atoms with E-state index in [2.05, 4.69) is 26.5 Å². The molecule has 0 aliphatic carbocycles. The summed E-state index contributed by atoms with van der Waals surface area (Å²) in [5.41, 5.74) is 3.44. The van der Waals surface area contributed by atoms with Gasteiger partial charge in [-0.25, -0.2) is 9.82 Å². The number of hydrazone groups is 1. The lowest BCUT2D eigenvalue weighted by atomic mass is 10.2. The lowest BCUT2D eigenvalue weighted by Crippen LogP contribution is -2.17. The molecule has 0 bridgehead atoms. The Labute approximate surface area is 160 Å². The predicted molar refractivity (Wildman–Crippen MR) is 103 cm³/mol. The van der Waals surface area contributed by atoms with Crippen molar-refractivity contribution in [2.45, 2.75) is 26.9 Å². The highest BCUT2D eigenvalue weighted by molar-refractivity contribution is 9.10. The van der Waals surface area contributed by atoms with E-state index in [1.54, 1.807) is 6.07 Å².